The predicted molar refractivity (Wildman–Crippen MR) is 71.9 cm³/mol. The summed E-state index contributed by atoms with van der Waals surface area (Å²) in [5, 5.41) is 9.56. The normalized spacial score (nSPS) is 19.3. The number of nitrogen functional groups attached to an aromatic ring is 2. The van der Waals surface area contributed by atoms with E-state index in [1.165, 1.54) is 0 Å². The molecule has 1 aliphatic rings. The zero-order valence-electron chi connectivity index (χ0n) is 10.3. The number of hydrogen-bond donors (Lipinski definition) is 3. The lowest BCUT2D eigenvalue weighted by Crippen LogP contribution is -2.37. The summed E-state index contributed by atoms with van der Waals surface area (Å²) in [7, 11) is 0. The van der Waals surface area contributed by atoms with E-state index in [-0.39, 0.29) is 6.10 Å². The number of nitrogens with two attached hydrogens (primary N) is 2. The van der Waals surface area contributed by atoms with Crippen LogP contribution in [0.3, 0.4) is 0 Å². The minimum atomic E-state index is -0.200. The van der Waals surface area contributed by atoms with Gasteiger partial charge in [-0.05, 0) is 43.9 Å². The monoisotopic (exact) mass is 235 g/mol. The molecule has 0 bridgehead atoms. The molecule has 94 valence electrons. The molecule has 1 aromatic rings. The van der Waals surface area contributed by atoms with Crippen molar-refractivity contribution in [2.24, 2.45) is 5.92 Å². The highest BCUT2D eigenvalue weighted by Crippen LogP contribution is 2.28. The Morgan fingerprint density at radius 2 is 1.88 bits per heavy atom. The van der Waals surface area contributed by atoms with Gasteiger partial charge in [-0.25, -0.2) is 0 Å². The number of anilines is 3. The fraction of sp³-hybridized carbons (Fsp3) is 0.538. The lowest BCUT2D eigenvalue weighted by Gasteiger charge is -2.35. The molecular formula is C13H21N3O. The van der Waals surface area contributed by atoms with E-state index in [0.29, 0.717) is 17.3 Å². The maximum Gasteiger partial charge on any atom is 0.0568 e. The second kappa shape index (κ2) is 4.84. The van der Waals surface area contributed by atoms with Crippen molar-refractivity contribution in [3.05, 3.63) is 18.2 Å². The number of piperidine rings is 1. The van der Waals surface area contributed by atoms with E-state index in [9.17, 15) is 5.11 Å². The van der Waals surface area contributed by atoms with Crippen molar-refractivity contribution in [3.8, 4) is 0 Å². The van der Waals surface area contributed by atoms with Crippen LogP contribution in [0.5, 0.6) is 0 Å². The summed E-state index contributed by atoms with van der Waals surface area (Å²) in [6.07, 6.45) is 1.86. The largest absolute Gasteiger partial charge is 0.397 e. The fourth-order valence-corrected chi connectivity index (χ4v) is 2.40. The van der Waals surface area contributed by atoms with Crippen LogP contribution in [0.4, 0.5) is 17.1 Å². The summed E-state index contributed by atoms with van der Waals surface area (Å²) in [6.45, 7) is 3.82. The highest BCUT2D eigenvalue weighted by molar-refractivity contribution is 5.69. The van der Waals surface area contributed by atoms with Crippen molar-refractivity contribution in [3.63, 3.8) is 0 Å². The Bertz CT molecular complexity index is 384. The molecular weight excluding hydrogens is 214 g/mol. The van der Waals surface area contributed by atoms with Gasteiger partial charge in [0.1, 0.15) is 0 Å². The molecule has 5 N–H and O–H groups in total. The smallest absolute Gasteiger partial charge is 0.0568 e. The van der Waals surface area contributed by atoms with Crippen LogP contribution in [0.2, 0.25) is 0 Å². The summed E-state index contributed by atoms with van der Waals surface area (Å²) in [6, 6.07) is 5.79. The topological polar surface area (TPSA) is 75.5 Å². The average Bonchev–Trinajstić information content (AvgIpc) is 2.33. The molecule has 0 amide bonds. The fourth-order valence-electron chi connectivity index (χ4n) is 2.40. The molecule has 1 atom stereocenters. The first-order chi connectivity index (χ1) is 8.08. The third-order valence-electron chi connectivity index (χ3n) is 3.66. The Kier molecular flexibility index (Phi) is 3.43. The van der Waals surface area contributed by atoms with Gasteiger partial charge in [0, 0.05) is 18.8 Å². The molecule has 4 nitrogen and oxygen atoms in total. The molecule has 1 heterocycles. The molecule has 1 aromatic carbocycles. The quantitative estimate of drug-likeness (QED) is 0.678. The standard InChI is InChI=1S/C13H21N3O/c1-9(17)10-4-6-16(7-5-10)11-2-3-12(14)13(15)8-11/h2-3,8-10,17H,4-7,14-15H2,1H3. The maximum absolute atomic E-state index is 9.56. The number of aliphatic hydroxyl groups excluding tert-OH is 1. The molecule has 4 heteroatoms. The SMILES string of the molecule is CC(O)C1CCN(c2ccc(N)c(N)c2)CC1. The molecule has 1 fully saturated rings. The van der Waals surface area contributed by atoms with Crippen molar-refractivity contribution in [1.82, 2.24) is 0 Å². The van der Waals surface area contributed by atoms with E-state index in [1.54, 1.807) is 0 Å². The Balaban J connectivity index is 2.03. The summed E-state index contributed by atoms with van der Waals surface area (Å²) in [5.74, 6) is 0.428. The van der Waals surface area contributed by atoms with E-state index in [4.69, 9.17) is 11.5 Å². The first-order valence-electron chi connectivity index (χ1n) is 6.16. The number of hydrogen-bond acceptors (Lipinski definition) is 4. The summed E-state index contributed by atoms with van der Waals surface area (Å²) in [5.41, 5.74) is 13.9. The van der Waals surface area contributed by atoms with Gasteiger partial charge in [-0.2, -0.15) is 0 Å². The minimum Gasteiger partial charge on any atom is -0.397 e. The van der Waals surface area contributed by atoms with Crippen LogP contribution in [0.25, 0.3) is 0 Å². The summed E-state index contributed by atoms with van der Waals surface area (Å²) < 4.78 is 0. The minimum absolute atomic E-state index is 0.200. The third-order valence-corrected chi connectivity index (χ3v) is 3.66. The molecule has 1 saturated heterocycles. The highest BCUT2D eigenvalue weighted by atomic mass is 16.3. The number of benzene rings is 1. The first kappa shape index (κ1) is 12.0. The lowest BCUT2D eigenvalue weighted by molar-refractivity contribution is 0.110. The van der Waals surface area contributed by atoms with Gasteiger partial charge in [-0.15, -0.1) is 0 Å². The lowest BCUT2D eigenvalue weighted by atomic mass is 9.92. The average molecular weight is 235 g/mol. The molecule has 1 aliphatic heterocycles. The summed E-state index contributed by atoms with van der Waals surface area (Å²) >= 11 is 0. The third kappa shape index (κ3) is 2.64. The van der Waals surface area contributed by atoms with Gasteiger partial charge in [0.2, 0.25) is 0 Å². The van der Waals surface area contributed by atoms with Crippen LogP contribution >= 0.6 is 0 Å². The van der Waals surface area contributed by atoms with Gasteiger partial charge in [-0.1, -0.05) is 0 Å². The maximum atomic E-state index is 9.56. The van der Waals surface area contributed by atoms with Crippen molar-refractivity contribution >= 4 is 17.1 Å². The van der Waals surface area contributed by atoms with Gasteiger partial charge < -0.3 is 21.5 Å². The Morgan fingerprint density at radius 1 is 1.24 bits per heavy atom. The van der Waals surface area contributed by atoms with Crippen molar-refractivity contribution < 1.29 is 5.11 Å². The Hall–Kier alpha value is -1.42. The van der Waals surface area contributed by atoms with Crippen LogP contribution < -0.4 is 16.4 Å². The van der Waals surface area contributed by atoms with Crippen molar-refractivity contribution in [2.75, 3.05) is 29.5 Å². The highest BCUT2D eigenvalue weighted by Gasteiger charge is 2.22. The molecule has 0 spiro atoms. The van der Waals surface area contributed by atoms with Crippen molar-refractivity contribution in [2.45, 2.75) is 25.9 Å². The molecule has 0 aromatic heterocycles. The number of aliphatic hydroxyl groups is 1. The molecule has 17 heavy (non-hydrogen) atoms. The number of rotatable bonds is 2. The number of nitrogens with zero attached hydrogens (tertiary/aromatic N) is 1. The van der Waals surface area contributed by atoms with Crippen LogP contribution in [0, 0.1) is 5.92 Å². The van der Waals surface area contributed by atoms with Gasteiger partial charge in [0.05, 0.1) is 17.5 Å². The second-order valence-electron chi connectivity index (χ2n) is 4.88. The molecule has 2 rings (SSSR count). The predicted octanol–water partition coefficient (Wildman–Crippen LogP) is 1.45. The van der Waals surface area contributed by atoms with E-state index in [2.05, 4.69) is 4.90 Å². The molecule has 0 saturated carbocycles. The van der Waals surface area contributed by atoms with Gasteiger partial charge in [-0.3, -0.25) is 0 Å². The van der Waals surface area contributed by atoms with Crippen LogP contribution in [-0.2, 0) is 0 Å². The van der Waals surface area contributed by atoms with Gasteiger partial charge in [0.15, 0.2) is 0 Å². The van der Waals surface area contributed by atoms with E-state index in [0.717, 1.165) is 31.6 Å². The zero-order valence-corrected chi connectivity index (χ0v) is 10.3. The Labute approximate surface area is 102 Å². The second-order valence-corrected chi connectivity index (χ2v) is 4.88. The van der Waals surface area contributed by atoms with Gasteiger partial charge >= 0.3 is 0 Å². The van der Waals surface area contributed by atoms with Crippen LogP contribution in [0.1, 0.15) is 19.8 Å². The summed E-state index contributed by atoms with van der Waals surface area (Å²) in [4.78, 5) is 2.30. The van der Waals surface area contributed by atoms with Crippen LogP contribution in [0.15, 0.2) is 18.2 Å². The van der Waals surface area contributed by atoms with E-state index >= 15 is 0 Å². The zero-order chi connectivity index (χ0) is 12.4. The van der Waals surface area contributed by atoms with E-state index in [1.807, 2.05) is 25.1 Å². The molecule has 0 aliphatic carbocycles. The van der Waals surface area contributed by atoms with Gasteiger partial charge in [0.25, 0.3) is 0 Å². The Morgan fingerprint density at radius 3 is 2.41 bits per heavy atom. The van der Waals surface area contributed by atoms with Crippen LogP contribution in [-0.4, -0.2) is 24.3 Å². The van der Waals surface area contributed by atoms with Crippen molar-refractivity contribution in [1.29, 1.82) is 0 Å². The molecule has 0 radical (unpaired) electrons. The van der Waals surface area contributed by atoms with E-state index < -0.39 is 0 Å². The first-order valence-corrected chi connectivity index (χ1v) is 6.16. The molecule has 1 unspecified atom stereocenters.